The van der Waals surface area contributed by atoms with E-state index in [1.54, 1.807) is 36.7 Å². The molecule has 138 valence electrons. The summed E-state index contributed by atoms with van der Waals surface area (Å²) in [7, 11) is 0. The highest BCUT2D eigenvalue weighted by molar-refractivity contribution is 6.36. The number of nitrogens with one attached hydrogen (secondary N) is 1. The van der Waals surface area contributed by atoms with Crippen molar-refractivity contribution in [1.29, 1.82) is 5.26 Å². The summed E-state index contributed by atoms with van der Waals surface area (Å²) in [5.74, 6) is 1.47. The maximum Gasteiger partial charge on any atom is 0.233 e. The van der Waals surface area contributed by atoms with Crippen molar-refractivity contribution in [3.8, 4) is 17.7 Å². The van der Waals surface area contributed by atoms with Gasteiger partial charge in [0.25, 0.3) is 0 Å². The van der Waals surface area contributed by atoms with Crippen LogP contribution in [0.2, 0.25) is 5.02 Å². The van der Waals surface area contributed by atoms with Crippen molar-refractivity contribution in [2.45, 2.75) is 19.8 Å². The van der Waals surface area contributed by atoms with Gasteiger partial charge in [-0.3, -0.25) is 4.98 Å². The van der Waals surface area contributed by atoms with Crippen LogP contribution in [0.25, 0.3) is 11.0 Å². The van der Waals surface area contributed by atoms with Crippen molar-refractivity contribution in [3.63, 3.8) is 0 Å². The van der Waals surface area contributed by atoms with Crippen LogP contribution >= 0.6 is 11.6 Å². The molecular weight excluding hydrogens is 374 g/mol. The molecule has 0 atom stereocenters. The summed E-state index contributed by atoms with van der Waals surface area (Å²) >= 11 is 6.55. The van der Waals surface area contributed by atoms with Crippen molar-refractivity contribution in [3.05, 3.63) is 76.5 Å². The molecule has 0 spiro atoms. The van der Waals surface area contributed by atoms with E-state index in [1.165, 1.54) is 0 Å². The zero-order chi connectivity index (χ0) is 19.5. The molecule has 1 N–H and O–H groups in total. The van der Waals surface area contributed by atoms with Gasteiger partial charge < -0.3 is 9.72 Å². The molecule has 4 rings (SSSR count). The Balaban J connectivity index is 1.81. The molecule has 0 radical (unpaired) electrons. The van der Waals surface area contributed by atoms with Crippen LogP contribution in [0.15, 0.2) is 48.8 Å². The molecule has 3 aromatic heterocycles. The third-order valence-corrected chi connectivity index (χ3v) is 4.71. The van der Waals surface area contributed by atoms with Crippen molar-refractivity contribution in [1.82, 2.24) is 19.9 Å². The van der Waals surface area contributed by atoms with Crippen LogP contribution in [-0.2, 0) is 12.8 Å². The van der Waals surface area contributed by atoms with Crippen molar-refractivity contribution in [2.75, 3.05) is 0 Å². The molecule has 0 fully saturated rings. The molecule has 1 aromatic carbocycles. The number of benzene rings is 1. The first-order valence-electron chi connectivity index (χ1n) is 8.81. The SMILES string of the molecule is CCc1[nH]c2nc(Cc3cccnc3)nc(Oc3cccc(C#N)c3)c2c1Cl. The van der Waals surface area contributed by atoms with Crippen LogP contribution in [0.5, 0.6) is 11.6 Å². The normalized spacial score (nSPS) is 10.8. The van der Waals surface area contributed by atoms with Crippen LogP contribution in [0, 0.1) is 11.3 Å². The van der Waals surface area contributed by atoms with Crippen LogP contribution in [0.1, 0.15) is 29.6 Å². The molecule has 0 bridgehead atoms. The Labute approximate surface area is 166 Å². The van der Waals surface area contributed by atoms with Crippen LogP contribution in [0.3, 0.4) is 0 Å². The molecule has 0 aliphatic rings. The summed E-state index contributed by atoms with van der Waals surface area (Å²) in [6.45, 7) is 2.01. The van der Waals surface area contributed by atoms with Gasteiger partial charge in [0, 0.05) is 24.5 Å². The molecule has 0 unspecified atom stereocenters. The van der Waals surface area contributed by atoms with Gasteiger partial charge in [-0.25, -0.2) is 4.98 Å². The van der Waals surface area contributed by atoms with Crippen molar-refractivity contribution < 1.29 is 4.74 Å². The fourth-order valence-corrected chi connectivity index (χ4v) is 3.30. The topological polar surface area (TPSA) is 87.5 Å². The Morgan fingerprint density at radius 3 is 2.86 bits per heavy atom. The highest BCUT2D eigenvalue weighted by Crippen LogP contribution is 2.35. The zero-order valence-electron chi connectivity index (χ0n) is 15.1. The second-order valence-electron chi connectivity index (χ2n) is 6.22. The quantitative estimate of drug-likeness (QED) is 0.528. The van der Waals surface area contributed by atoms with Gasteiger partial charge in [-0.1, -0.05) is 30.7 Å². The molecular formula is C21H16ClN5O. The average Bonchev–Trinajstić information content (AvgIpc) is 3.04. The van der Waals surface area contributed by atoms with E-state index in [9.17, 15) is 0 Å². The lowest BCUT2D eigenvalue weighted by molar-refractivity contribution is 0.466. The number of nitriles is 1. The summed E-state index contributed by atoms with van der Waals surface area (Å²) in [5.41, 5.74) is 3.00. The molecule has 6 nitrogen and oxygen atoms in total. The van der Waals surface area contributed by atoms with Gasteiger partial charge in [-0.2, -0.15) is 10.2 Å². The minimum Gasteiger partial charge on any atom is -0.438 e. The fraction of sp³-hybridized carbons (Fsp3) is 0.143. The lowest BCUT2D eigenvalue weighted by atomic mass is 10.2. The molecule has 0 saturated carbocycles. The number of aromatic nitrogens is 4. The third kappa shape index (κ3) is 3.53. The maximum absolute atomic E-state index is 9.12. The predicted octanol–water partition coefficient (Wildman–Crippen LogP) is 4.82. The molecule has 3 heterocycles. The van der Waals surface area contributed by atoms with E-state index in [-0.39, 0.29) is 0 Å². The van der Waals surface area contributed by atoms with Gasteiger partial charge in [0.1, 0.15) is 22.6 Å². The number of halogens is 1. The summed E-state index contributed by atoms with van der Waals surface area (Å²) < 4.78 is 6.03. The lowest BCUT2D eigenvalue weighted by Crippen LogP contribution is -2.00. The van der Waals surface area contributed by atoms with Gasteiger partial charge >= 0.3 is 0 Å². The van der Waals surface area contributed by atoms with Crippen molar-refractivity contribution in [2.24, 2.45) is 0 Å². The van der Waals surface area contributed by atoms with Crippen molar-refractivity contribution >= 4 is 22.6 Å². The van der Waals surface area contributed by atoms with E-state index in [4.69, 9.17) is 21.6 Å². The number of aryl methyl sites for hydroxylation is 1. The summed E-state index contributed by atoms with van der Waals surface area (Å²) in [6, 6.07) is 12.9. The van der Waals surface area contributed by atoms with Crippen LogP contribution in [-0.4, -0.2) is 19.9 Å². The predicted molar refractivity (Wildman–Crippen MR) is 107 cm³/mol. The zero-order valence-corrected chi connectivity index (χ0v) is 15.9. The molecule has 4 aromatic rings. The highest BCUT2D eigenvalue weighted by Gasteiger charge is 2.18. The summed E-state index contributed by atoms with van der Waals surface area (Å²) in [6.07, 6.45) is 4.75. The summed E-state index contributed by atoms with van der Waals surface area (Å²) in [5, 5.41) is 10.3. The van der Waals surface area contributed by atoms with Gasteiger partial charge in [0.2, 0.25) is 5.88 Å². The number of hydrogen-bond acceptors (Lipinski definition) is 5. The minimum atomic E-state index is 0.361. The molecule has 7 heteroatoms. The number of H-pyrrole nitrogens is 1. The Morgan fingerprint density at radius 2 is 2.11 bits per heavy atom. The van der Waals surface area contributed by atoms with E-state index in [2.05, 4.69) is 26.0 Å². The van der Waals surface area contributed by atoms with E-state index in [0.717, 1.165) is 17.7 Å². The van der Waals surface area contributed by atoms with Gasteiger partial charge in [-0.05, 0) is 36.2 Å². The Bertz CT molecular complexity index is 1180. The largest absolute Gasteiger partial charge is 0.438 e. The monoisotopic (exact) mass is 389 g/mol. The molecule has 0 amide bonds. The number of ether oxygens (including phenoxy) is 1. The number of pyridine rings is 1. The number of aromatic amines is 1. The smallest absolute Gasteiger partial charge is 0.233 e. The first-order valence-corrected chi connectivity index (χ1v) is 9.19. The number of fused-ring (bicyclic) bond motifs is 1. The first kappa shape index (κ1) is 18.0. The van der Waals surface area contributed by atoms with Crippen LogP contribution < -0.4 is 4.74 Å². The Kier molecular flexibility index (Phi) is 4.92. The van der Waals surface area contributed by atoms with Gasteiger partial charge in [-0.15, -0.1) is 0 Å². The van der Waals surface area contributed by atoms with E-state index >= 15 is 0 Å². The average molecular weight is 390 g/mol. The van der Waals surface area contributed by atoms with E-state index < -0.39 is 0 Å². The van der Waals surface area contributed by atoms with Gasteiger partial charge in [0.05, 0.1) is 16.7 Å². The molecule has 0 aliphatic carbocycles. The lowest BCUT2D eigenvalue weighted by Gasteiger charge is -2.09. The van der Waals surface area contributed by atoms with E-state index in [0.29, 0.717) is 45.5 Å². The number of rotatable bonds is 5. The Hall–Kier alpha value is -3.43. The highest BCUT2D eigenvalue weighted by atomic mass is 35.5. The molecule has 28 heavy (non-hydrogen) atoms. The number of hydrogen-bond donors (Lipinski definition) is 1. The number of nitrogens with zero attached hydrogens (tertiary/aromatic N) is 4. The van der Waals surface area contributed by atoms with Crippen LogP contribution in [0.4, 0.5) is 0 Å². The molecule has 0 aliphatic heterocycles. The fourth-order valence-electron chi connectivity index (χ4n) is 2.94. The first-order chi connectivity index (χ1) is 13.7. The maximum atomic E-state index is 9.12. The molecule has 0 saturated heterocycles. The standard InChI is InChI=1S/C21H16ClN5O/c1-2-16-19(22)18-20(25-16)26-17(10-14-6-4-8-24-12-14)27-21(18)28-15-7-3-5-13(9-15)11-23/h3-9,12H,2,10H2,1H3,(H,25,26,27). The van der Waals surface area contributed by atoms with Gasteiger partial charge in [0.15, 0.2) is 0 Å². The second kappa shape index (κ2) is 7.67. The second-order valence-corrected chi connectivity index (χ2v) is 6.60. The minimum absolute atomic E-state index is 0.361. The summed E-state index contributed by atoms with van der Waals surface area (Å²) in [4.78, 5) is 16.6. The Morgan fingerprint density at radius 1 is 1.21 bits per heavy atom. The third-order valence-electron chi connectivity index (χ3n) is 4.29. The van der Waals surface area contributed by atoms with E-state index in [1.807, 2.05) is 19.1 Å².